The molecule has 0 aliphatic rings. The first kappa shape index (κ1) is 13.4. The van der Waals surface area contributed by atoms with Gasteiger partial charge in [0, 0.05) is 10.0 Å². The summed E-state index contributed by atoms with van der Waals surface area (Å²) < 4.78 is 6.16. The summed E-state index contributed by atoms with van der Waals surface area (Å²) in [5.74, 6) is 0.505. The minimum absolute atomic E-state index is 0.00213. The van der Waals surface area contributed by atoms with Crippen LogP contribution in [0.15, 0.2) is 22.7 Å². The number of ether oxygens (including phenoxy) is 1. The Labute approximate surface area is 103 Å². The highest BCUT2D eigenvalue weighted by Gasteiger charge is 2.11. The van der Waals surface area contributed by atoms with Crippen LogP contribution in [0.25, 0.3) is 0 Å². The van der Waals surface area contributed by atoms with Crippen molar-refractivity contribution in [3.05, 3.63) is 28.2 Å². The Bertz CT molecular complexity index is 341. The Morgan fingerprint density at radius 3 is 2.62 bits per heavy atom. The molecule has 0 fully saturated rings. The summed E-state index contributed by atoms with van der Waals surface area (Å²) in [6.45, 7) is 1.29. The van der Waals surface area contributed by atoms with Gasteiger partial charge < -0.3 is 20.1 Å². The minimum atomic E-state index is -0.912. The van der Waals surface area contributed by atoms with Crippen molar-refractivity contribution in [1.29, 1.82) is 0 Å². The Hall–Kier alpha value is -0.620. The number of rotatable bonds is 5. The SMILES string of the molecule is C[C@H](O)c1cc(Br)ccc1OCC(O)CO. The van der Waals surface area contributed by atoms with Crippen LogP contribution in [0.2, 0.25) is 0 Å². The van der Waals surface area contributed by atoms with Crippen LogP contribution in [-0.4, -0.2) is 34.6 Å². The highest BCUT2D eigenvalue weighted by molar-refractivity contribution is 9.10. The van der Waals surface area contributed by atoms with E-state index in [0.717, 1.165) is 4.47 Å². The van der Waals surface area contributed by atoms with E-state index in [1.807, 2.05) is 0 Å². The second-order valence-electron chi connectivity index (χ2n) is 3.51. The van der Waals surface area contributed by atoms with Crippen LogP contribution >= 0.6 is 15.9 Å². The molecule has 0 aliphatic carbocycles. The van der Waals surface area contributed by atoms with E-state index >= 15 is 0 Å². The lowest BCUT2D eigenvalue weighted by atomic mass is 10.1. The number of hydrogen-bond acceptors (Lipinski definition) is 4. The average Bonchev–Trinajstić information content (AvgIpc) is 2.26. The van der Waals surface area contributed by atoms with Crippen LogP contribution in [0.4, 0.5) is 0 Å². The zero-order valence-electron chi connectivity index (χ0n) is 8.93. The zero-order valence-corrected chi connectivity index (χ0v) is 10.5. The minimum Gasteiger partial charge on any atom is -0.490 e. The topological polar surface area (TPSA) is 69.9 Å². The van der Waals surface area contributed by atoms with Crippen LogP contribution < -0.4 is 4.74 Å². The van der Waals surface area contributed by atoms with E-state index in [1.54, 1.807) is 25.1 Å². The molecule has 0 aromatic heterocycles. The van der Waals surface area contributed by atoms with E-state index in [4.69, 9.17) is 14.9 Å². The van der Waals surface area contributed by atoms with Crippen LogP contribution in [0.3, 0.4) is 0 Å². The van der Waals surface area contributed by atoms with Crippen LogP contribution in [0, 0.1) is 0 Å². The number of aliphatic hydroxyl groups is 3. The molecule has 0 bridgehead atoms. The lowest BCUT2D eigenvalue weighted by molar-refractivity contribution is 0.0523. The fraction of sp³-hybridized carbons (Fsp3) is 0.455. The summed E-state index contributed by atoms with van der Waals surface area (Å²) in [6, 6.07) is 5.24. The van der Waals surface area contributed by atoms with Crippen molar-refractivity contribution in [2.45, 2.75) is 19.1 Å². The molecule has 0 saturated heterocycles. The summed E-state index contributed by atoms with van der Waals surface area (Å²) in [7, 11) is 0. The Balaban J connectivity index is 2.78. The molecule has 0 radical (unpaired) electrons. The number of halogens is 1. The molecule has 0 aliphatic heterocycles. The van der Waals surface area contributed by atoms with E-state index in [2.05, 4.69) is 15.9 Å². The maximum absolute atomic E-state index is 9.54. The van der Waals surface area contributed by atoms with Gasteiger partial charge in [0.15, 0.2) is 0 Å². The summed E-state index contributed by atoms with van der Waals surface area (Å²) in [5, 5.41) is 27.3. The van der Waals surface area contributed by atoms with Gasteiger partial charge in [0.2, 0.25) is 0 Å². The molecule has 2 atom stereocenters. The quantitative estimate of drug-likeness (QED) is 0.763. The number of aliphatic hydroxyl groups excluding tert-OH is 3. The monoisotopic (exact) mass is 290 g/mol. The largest absolute Gasteiger partial charge is 0.490 e. The highest BCUT2D eigenvalue weighted by Crippen LogP contribution is 2.28. The van der Waals surface area contributed by atoms with Gasteiger partial charge in [-0.15, -0.1) is 0 Å². The predicted octanol–water partition coefficient (Wildman–Crippen LogP) is 1.23. The van der Waals surface area contributed by atoms with Gasteiger partial charge in [0.05, 0.1) is 12.7 Å². The van der Waals surface area contributed by atoms with Gasteiger partial charge in [-0.25, -0.2) is 0 Å². The molecule has 1 unspecified atom stereocenters. The molecule has 5 heteroatoms. The van der Waals surface area contributed by atoms with Crippen molar-refractivity contribution in [3.8, 4) is 5.75 Å². The van der Waals surface area contributed by atoms with Gasteiger partial charge in [0.1, 0.15) is 18.5 Å². The average molecular weight is 291 g/mol. The second kappa shape index (κ2) is 6.20. The van der Waals surface area contributed by atoms with Crippen molar-refractivity contribution >= 4 is 15.9 Å². The Morgan fingerprint density at radius 1 is 1.38 bits per heavy atom. The molecule has 0 spiro atoms. The third kappa shape index (κ3) is 3.75. The van der Waals surface area contributed by atoms with E-state index < -0.39 is 12.2 Å². The van der Waals surface area contributed by atoms with Crippen molar-refractivity contribution in [1.82, 2.24) is 0 Å². The Kier molecular flexibility index (Phi) is 5.21. The molecule has 0 heterocycles. The van der Waals surface area contributed by atoms with Crippen LogP contribution in [-0.2, 0) is 0 Å². The first-order valence-electron chi connectivity index (χ1n) is 4.93. The molecule has 1 aromatic carbocycles. The van der Waals surface area contributed by atoms with Gasteiger partial charge in [-0.3, -0.25) is 0 Å². The fourth-order valence-electron chi connectivity index (χ4n) is 1.22. The molecular weight excluding hydrogens is 276 g/mol. The third-order valence-electron chi connectivity index (χ3n) is 2.06. The molecule has 1 aromatic rings. The summed E-state index contributed by atoms with van der Waals surface area (Å²) in [4.78, 5) is 0. The molecule has 0 saturated carbocycles. The van der Waals surface area contributed by atoms with Crippen molar-refractivity contribution in [3.63, 3.8) is 0 Å². The molecule has 1 rings (SSSR count). The molecule has 4 nitrogen and oxygen atoms in total. The predicted molar refractivity (Wildman–Crippen MR) is 63.4 cm³/mol. The Morgan fingerprint density at radius 2 is 2.06 bits per heavy atom. The van der Waals surface area contributed by atoms with Gasteiger partial charge >= 0.3 is 0 Å². The van der Waals surface area contributed by atoms with E-state index in [-0.39, 0.29) is 13.2 Å². The zero-order chi connectivity index (χ0) is 12.1. The van der Waals surface area contributed by atoms with Crippen molar-refractivity contribution in [2.75, 3.05) is 13.2 Å². The van der Waals surface area contributed by atoms with E-state index in [1.165, 1.54) is 0 Å². The molecule has 0 amide bonds. The molecule has 90 valence electrons. The third-order valence-corrected chi connectivity index (χ3v) is 2.56. The van der Waals surface area contributed by atoms with Crippen LogP contribution in [0.1, 0.15) is 18.6 Å². The lowest BCUT2D eigenvalue weighted by Crippen LogP contribution is -2.21. The first-order chi connectivity index (χ1) is 7.54. The summed E-state index contributed by atoms with van der Waals surface area (Å²) in [5.41, 5.74) is 0.638. The number of hydrogen-bond donors (Lipinski definition) is 3. The molecule has 16 heavy (non-hydrogen) atoms. The number of benzene rings is 1. The second-order valence-corrected chi connectivity index (χ2v) is 4.42. The van der Waals surface area contributed by atoms with Crippen molar-refractivity contribution < 1.29 is 20.1 Å². The lowest BCUT2D eigenvalue weighted by Gasteiger charge is -2.15. The normalized spacial score (nSPS) is 14.6. The summed E-state index contributed by atoms with van der Waals surface area (Å²) >= 11 is 3.30. The molecular formula is C11H15BrO4. The van der Waals surface area contributed by atoms with Crippen LogP contribution in [0.5, 0.6) is 5.75 Å². The van der Waals surface area contributed by atoms with E-state index in [9.17, 15) is 5.11 Å². The first-order valence-corrected chi connectivity index (χ1v) is 5.73. The summed E-state index contributed by atoms with van der Waals surface area (Å²) in [6.07, 6.45) is -1.57. The van der Waals surface area contributed by atoms with Gasteiger partial charge in [-0.2, -0.15) is 0 Å². The maximum Gasteiger partial charge on any atom is 0.125 e. The smallest absolute Gasteiger partial charge is 0.125 e. The van der Waals surface area contributed by atoms with Gasteiger partial charge in [-0.1, -0.05) is 15.9 Å². The maximum atomic E-state index is 9.54. The van der Waals surface area contributed by atoms with Gasteiger partial charge in [0.25, 0.3) is 0 Å². The standard InChI is InChI=1S/C11H15BrO4/c1-7(14)10-4-8(12)2-3-11(10)16-6-9(15)5-13/h2-4,7,9,13-15H,5-6H2,1H3/t7-,9?/m0/s1. The fourth-order valence-corrected chi connectivity index (χ4v) is 1.59. The van der Waals surface area contributed by atoms with E-state index in [0.29, 0.717) is 11.3 Å². The van der Waals surface area contributed by atoms with Crippen molar-refractivity contribution in [2.24, 2.45) is 0 Å². The molecule has 3 N–H and O–H groups in total. The van der Waals surface area contributed by atoms with Gasteiger partial charge in [-0.05, 0) is 25.1 Å². The highest BCUT2D eigenvalue weighted by atomic mass is 79.9.